The van der Waals surface area contributed by atoms with E-state index in [0.717, 1.165) is 11.1 Å². The van der Waals surface area contributed by atoms with E-state index in [1.807, 2.05) is 60.4 Å². The Morgan fingerprint density at radius 3 is 2.73 bits per heavy atom. The molecule has 2 aromatic carbocycles. The maximum atomic E-state index is 11.9. The largest absolute Gasteiger partial charge is 0.488 e. The number of H-pyrrole nitrogens is 2. The van der Waals surface area contributed by atoms with Crippen molar-refractivity contribution >= 4 is 17.9 Å². The fourth-order valence-electron chi connectivity index (χ4n) is 2.49. The number of hydrogen-bond acceptors (Lipinski definition) is 7. The number of benzene rings is 2. The predicted molar refractivity (Wildman–Crippen MR) is 112 cm³/mol. The SMILES string of the molecule is Cc1ccccc1COc1ccccc1/C=N/NC(=O)CNc1n[nH]c(=O)[nH]c1=O. The Labute approximate surface area is 171 Å². The molecule has 1 aromatic heterocycles. The van der Waals surface area contributed by atoms with Gasteiger partial charge in [0.15, 0.2) is 0 Å². The molecular weight excluding hydrogens is 388 g/mol. The van der Waals surface area contributed by atoms with Gasteiger partial charge in [0, 0.05) is 5.56 Å². The number of hydrogen-bond donors (Lipinski definition) is 4. The molecule has 0 bridgehead atoms. The van der Waals surface area contributed by atoms with Crippen molar-refractivity contribution in [1.29, 1.82) is 0 Å². The minimum atomic E-state index is -0.733. The van der Waals surface area contributed by atoms with E-state index < -0.39 is 17.2 Å². The summed E-state index contributed by atoms with van der Waals surface area (Å²) in [7, 11) is 0. The van der Waals surface area contributed by atoms with Gasteiger partial charge in [0.2, 0.25) is 5.82 Å². The van der Waals surface area contributed by atoms with Gasteiger partial charge in [0.05, 0.1) is 12.8 Å². The number of aromatic amines is 2. The van der Waals surface area contributed by atoms with Crippen LogP contribution in [0, 0.1) is 6.92 Å². The lowest BCUT2D eigenvalue weighted by molar-refractivity contribution is -0.119. The quantitative estimate of drug-likeness (QED) is 0.322. The van der Waals surface area contributed by atoms with E-state index in [4.69, 9.17) is 4.74 Å². The van der Waals surface area contributed by atoms with Crippen LogP contribution in [0.2, 0.25) is 0 Å². The summed E-state index contributed by atoms with van der Waals surface area (Å²) in [6.07, 6.45) is 1.47. The zero-order chi connectivity index (χ0) is 21.3. The van der Waals surface area contributed by atoms with Crippen LogP contribution >= 0.6 is 0 Å². The number of aryl methyl sites for hydroxylation is 1. The van der Waals surface area contributed by atoms with E-state index in [-0.39, 0.29) is 12.4 Å². The van der Waals surface area contributed by atoms with Crippen LogP contribution in [-0.2, 0) is 11.4 Å². The maximum absolute atomic E-state index is 11.9. The smallest absolute Gasteiger partial charge is 0.342 e. The minimum Gasteiger partial charge on any atom is -0.488 e. The number of carbonyl (C=O) groups is 1. The molecule has 30 heavy (non-hydrogen) atoms. The molecule has 3 aromatic rings. The Morgan fingerprint density at radius 1 is 1.17 bits per heavy atom. The second-order valence-corrected chi connectivity index (χ2v) is 6.26. The summed E-state index contributed by atoms with van der Waals surface area (Å²) in [6, 6.07) is 15.3. The summed E-state index contributed by atoms with van der Waals surface area (Å²) in [5, 5.41) is 12.0. The first-order chi connectivity index (χ1) is 14.5. The highest BCUT2D eigenvalue weighted by Gasteiger charge is 2.06. The average molecular weight is 408 g/mol. The lowest BCUT2D eigenvalue weighted by Gasteiger charge is -2.10. The van der Waals surface area contributed by atoms with Crippen molar-refractivity contribution < 1.29 is 9.53 Å². The lowest BCUT2D eigenvalue weighted by Crippen LogP contribution is -2.31. The first kappa shape index (κ1) is 20.5. The molecule has 4 N–H and O–H groups in total. The molecule has 3 rings (SSSR count). The monoisotopic (exact) mass is 408 g/mol. The number of amides is 1. The molecule has 0 spiro atoms. The molecule has 0 saturated heterocycles. The lowest BCUT2D eigenvalue weighted by atomic mass is 10.1. The maximum Gasteiger partial charge on any atom is 0.342 e. The van der Waals surface area contributed by atoms with E-state index >= 15 is 0 Å². The molecule has 154 valence electrons. The Balaban J connectivity index is 1.55. The standard InChI is InChI=1S/C20H20N6O4/c1-13-6-2-3-8-15(13)12-30-16-9-5-4-7-14(16)10-22-24-17(27)11-21-18-19(28)23-20(29)26-25-18/h2-10H,11-12H2,1H3,(H,21,25)(H,24,27)(H2,23,26,28,29)/b22-10+. The number of ether oxygens (including phenoxy) is 1. The molecular formula is C20H20N6O4. The van der Waals surface area contributed by atoms with Crippen molar-refractivity contribution in [3.8, 4) is 5.75 Å². The average Bonchev–Trinajstić information content (AvgIpc) is 2.73. The van der Waals surface area contributed by atoms with E-state index in [1.165, 1.54) is 6.21 Å². The van der Waals surface area contributed by atoms with Crippen LogP contribution in [0.3, 0.4) is 0 Å². The number of nitrogens with zero attached hydrogens (tertiary/aromatic N) is 2. The highest BCUT2D eigenvalue weighted by Crippen LogP contribution is 2.18. The number of aromatic nitrogens is 3. The number of rotatable bonds is 8. The van der Waals surface area contributed by atoms with Crippen LogP contribution in [-0.4, -0.2) is 33.8 Å². The predicted octanol–water partition coefficient (Wildman–Crippen LogP) is 0.908. The third-order valence-corrected chi connectivity index (χ3v) is 4.08. The normalized spacial score (nSPS) is 10.7. The first-order valence-electron chi connectivity index (χ1n) is 9.04. The van der Waals surface area contributed by atoms with Gasteiger partial charge in [0.1, 0.15) is 12.4 Å². The van der Waals surface area contributed by atoms with Crippen LogP contribution in [0.25, 0.3) is 0 Å². The Bertz CT molecular complexity index is 1170. The number of anilines is 1. The number of carbonyl (C=O) groups excluding carboxylic acids is 1. The van der Waals surface area contributed by atoms with Crippen LogP contribution in [0.5, 0.6) is 5.75 Å². The number of nitrogens with one attached hydrogen (secondary N) is 4. The molecule has 0 radical (unpaired) electrons. The molecule has 1 heterocycles. The Morgan fingerprint density at radius 2 is 1.93 bits per heavy atom. The summed E-state index contributed by atoms with van der Waals surface area (Å²) in [6.45, 7) is 2.17. The van der Waals surface area contributed by atoms with Gasteiger partial charge in [-0.3, -0.25) is 14.6 Å². The molecule has 0 aliphatic rings. The van der Waals surface area contributed by atoms with Crippen molar-refractivity contribution in [1.82, 2.24) is 20.6 Å². The fraction of sp³-hybridized carbons (Fsp3) is 0.150. The third-order valence-electron chi connectivity index (χ3n) is 4.08. The topological polar surface area (TPSA) is 141 Å². The molecule has 10 heteroatoms. The molecule has 10 nitrogen and oxygen atoms in total. The first-order valence-corrected chi connectivity index (χ1v) is 9.04. The third kappa shape index (κ3) is 5.64. The molecule has 0 aliphatic heterocycles. The highest BCUT2D eigenvalue weighted by atomic mass is 16.5. The zero-order valence-electron chi connectivity index (χ0n) is 16.1. The van der Waals surface area contributed by atoms with Gasteiger partial charge < -0.3 is 10.1 Å². The van der Waals surface area contributed by atoms with Gasteiger partial charge in [-0.05, 0) is 30.2 Å². The summed E-state index contributed by atoms with van der Waals surface area (Å²) >= 11 is 0. The summed E-state index contributed by atoms with van der Waals surface area (Å²) in [4.78, 5) is 36.3. The van der Waals surface area contributed by atoms with Gasteiger partial charge in [-0.15, -0.1) is 5.10 Å². The van der Waals surface area contributed by atoms with Gasteiger partial charge in [-0.2, -0.15) is 5.10 Å². The van der Waals surface area contributed by atoms with Crippen LogP contribution in [0.1, 0.15) is 16.7 Å². The van der Waals surface area contributed by atoms with E-state index in [0.29, 0.717) is 17.9 Å². The van der Waals surface area contributed by atoms with E-state index in [1.54, 1.807) is 0 Å². The molecule has 0 atom stereocenters. The van der Waals surface area contributed by atoms with Gasteiger partial charge in [-0.1, -0.05) is 36.4 Å². The van der Waals surface area contributed by atoms with Crippen LogP contribution in [0.4, 0.5) is 5.82 Å². The zero-order valence-corrected chi connectivity index (χ0v) is 16.1. The van der Waals surface area contributed by atoms with Crippen LogP contribution in [0.15, 0.2) is 63.2 Å². The molecule has 0 unspecified atom stereocenters. The summed E-state index contributed by atoms with van der Waals surface area (Å²) in [5.74, 6) is -0.0542. The van der Waals surface area contributed by atoms with E-state index in [2.05, 4.69) is 26.0 Å². The minimum absolute atomic E-state index is 0.177. The van der Waals surface area contributed by atoms with Crippen molar-refractivity contribution in [3.05, 3.63) is 86.1 Å². The molecule has 0 aliphatic carbocycles. The van der Waals surface area contributed by atoms with Crippen LogP contribution < -0.4 is 26.7 Å². The second kappa shape index (κ2) is 9.82. The summed E-state index contributed by atoms with van der Waals surface area (Å²) < 4.78 is 5.90. The number of hydrazone groups is 1. The Hall–Kier alpha value is -4.21. The Kier molecular flexibility index (Phi) is 6.72. The van der Waals surface area contributed by atoms with Crippen molar-refractivity contribution in [2.45, 2.75) is 13.5 Å². The van der Waals surface area contributed by atoms with Crippen molar-refractivity contribution in [3.63, 3.8) is 0 Å². The molecule has 0 fully saturated rings. The van der Waals surface area contributed by atoms with Crippen molar-refractivity contribution in [2.24, 2.45) is 5.10 Å². The van der Waals surface area contributed by atoms with Gasteiger partial charge in [0.25, 0.3) is 11.5 Å². The highest BCUT2D eigenvalue weighted by molar-refractivity contribution is 5.86. The second-order valence-electron chi connectivity index (χ2n) is 6.26. The number of para-hydroxylation sites is 1. The van der Waals surface area contributed by atoms with E-state index in [9.17, 15) is 14.4 Å². The fourth-order valence-corrected chi connectivity index (χ4v) is 2.49. The van der Waals surface area contributed by atoms with Gasteiger partial charge in [-0.25, -0.2) is 15.3 Å². The van der Waals surface area contributed by atoms with Gasteiger partial charge >= 0.3 is 5.69 Å². The molecule has 0 saturated carbocycles. The molecule has 1 amide bonds. The van der Waals surface area contributed by atoms with Crippen molar-refractivity contribution in [2.75, 3.05) is 11.9 Å². The summed E-state index contributed by atoms with van der Waals surface area (Å²) in [5.41, 5.74) is 3.79.